The van der Waals surface area contributed by atoms with Crippen molar-refractivity contribution in [1.82, 2.24) is 10.3 Å². The molecule has 0 fully saturated rings. The molecule has 0 aliphatic heterocycles. The molecule has 21 heavy (non-hydrogen) atoms. The fourth-order valence-corrected chi connectivity index (χ4v) is 3.56. The smallest absolute Gasteiger partial charge is 0.126 e. The maximum Gasteiger partial charge on any atom is 0.126 e. The predicted molar refractivity (Wildman–Crippen MR) is 82.7 cm³/mol. The summed E-state index contributed by atoms with van der Waals surface area (Å²) in [7, 11) is 1.90. The standard InChI is InChI=1S/C16H20F2N2S/c1-16(2,3)15-13(9-19-4)21-14(20-15)7-10-5-11(17)8-12(18)6-10/h5-6,8,19H,7,9H2,1-4H3. The van der Waals surface area contributed by atoms with Gasteiger partial charge in [-0.3, -0.25) is 0 Å². The van der Waals surface area contributed by atoms with Crippen LogP contribution in [-0.2, 0) is 18.4 Å². The van der Waals surface area contributed by atoms with Crippen molar-refractivity contribution >= 4 is 11.3 Å². The van der Waals surface area contributed by atoms with Gasteiger partial charge >= 0.3 is 0 Å². The maximum absolute atomic E-state index is 13.3. The Kier molecular flexibility index (Phi) is 4.74. The van der Waals surface area contributed by atoms with Crippen molar-refractivity contribution < 1.29 is 8.78 Å². The Bertz CT molecular complexity index is 609. The van der Waals surface area contributed by atoms with Gasteiger partial charge < -0.3 is 5.32 Å². The van der Waals surface area contributed by atoms with Crippen LogP contribution in [0.2, 0.25) is 0 Å². The Morgan fingerprint density at radius 1 is 1.14 bits per heavy atom. The molecule has 0 saturated carbocycles. The molecule has 0 bridgehead atoms. The van der Waals surface area contributed by atoms with Gasteiger partial charge in [0, 0.05) is 29.3 Å². The fraction of sp³-hybridized carbons (Fsp3) is 0.438. The van der Waals surface area contributed by atoms with E-state index in [4.69, 9.17) is 0 Å². The summed E-state index contributed by atoms with van der Waals surface area (Å²) >= 11 is 1.60. The number of halogens is 2. The van der Waals surface area contributed by atoms with Crippen LogP contribution in [0.4, 0.5) is 8.78 Å². The summed E-state index contributed by atoms with van der Waals surface area (Å²) in [6.07, 6.45) is 0.451. The number of nitrogens with zero attached hydrogens (tertiary/aromatic N) is 1. The minimum atomic E-state index is -0.548. The summed E-state index contributed by atoms with van der Waals surface area (Å²) < 4.78 is 26.5. The van der Waals surface area contributed by atoms with Crippen LogP contribution in [0, 0.1) is 11.6 Å². The molecule has 0 aliphatic rings. The molecular weight excluding hydrogens is 290 g/mol. The number of hydrogen-bond acceptors (Lipinski definition) is 3. The molecule has 0 saturated heterocycles. The van der Waals surface area contributed by atoms with Crippen LogP contribution in [0.15, 0.2) is 18.2 Å². The zero-order chi connectivity index (χ0) is 15.6. The van der Waals surface area contributed by atoms with Gasteiger partial charge in [-0.05, 0) is 24.7 Å². The van der Waals surface area contributed by atoms with Crippen LogP contribution in [0.1, 0.15) is 41.9 Å². The lowest BCUT2D eigenvalue weighted by atomic mass is 9.91. The van der Waals surface area contributed by atoms with Crippen molar-refractivity contribution in [3.63, 3.8) is 0 Å². The number of benzene rings is 1. The number of nitrogens with one attached hydrogen (secondary N) is 1. The van der Waals surface area contributed by atoms with Gasteiger partial charge in [0.1, 0.15) is 11.6 Å². The molecule has 0 amide bonds. The first-order valence-corrected chi connectivity index (χ1v) is 7.70. The van der Waals surface area contributed by atoms with Gasteiger partial charge in [-0.25, -0.2) is 13.8 Å². The first kappa shape index (κ1) is 16.0. The van der Waals surface area contributed by atoms with Crippen molar-refractivity contribution in [1.29, 1.82) is 0 Å². The second kappa shape index (κ2) is 6.20. The normalized spacial score (nSPS) is 11.9. The van der Waals surface area contributed by atoms with Crippen molar-refractivity contribution in [2.45, 2.75) is 39.2 Å². The van der Waals surface area contributed by atoms with E-state index >= 15 is 0 Å². The first-order chi connectivity index (χ1) is 9.79. The molecule has 2 nitrogen and oxygen atoms in total. The Morgan fingerprint density at radius 3 is 2.29 bits per heavy atom. The Hall–Kier alpha value is -1.33. The number of hydrogen-bond donors (Lipinski definition) is 1. The molecule has 114 valence electrons. The van der Waals surface area contributed by atoms with Crippen molar-refractivity contribution in [3.05, 3.63) is 51.0 Å². The second-order valence-corrected chi connectivity index (χ2v) is 7.28. The Labute approximate surface area is 128 Å². The molecule has 0 unspecified atom stereocenters. The van der Waals surface area contributed by atoms with Gasteiger partial charge in [0.05, 0.1) is 10.7 Å². The summed E-state index contributed by atoms with van der Waals surface area (Å²) in [6.45, 7) is 7.11. The molecule has 2 rings (SSSR count). The Morgan fingerprint density at radius 2 is 1.76 bits per heavy atom. The van der Waals surface area contributed by atoms with Crippen molar-refractivity contribution in [3.8, 4) is 0 Å². The minimum Gasteiger partial charge on any atom is -0.315 e. The molecule has 0 spiro atoms. The SMILES string of the molecule is CNCc1sc(Cc2cc(F)cc(F)c2)nc1C(C)(C)C. The van der Waals surface area contributed by atoms with Crippen LogP contribution in [0.25, 0.3) is 0 Å². The van der Waals surface area contributed by atoms with E-state index in [1.807, 2.05) is 7.05 Å². The van der Waals surface area contributed by atoms with E-state index in [1.165, 1.54) is 17.0 Å². The largest absolute Gasteiger partial charge is 0.315 e. The van der Waals surface area contributed by atoms with E-state index in [9.17, 15) is 8.78 Å². The summed E-state index contributed by atoms with van der Waals surface area (Å²) in [4.78, 5) is 5.87. The highest BCUT2D eigenvalue weighted by Crippen LogP contribution is 2.30. The highest BCUT2D eigenvalue weighted by atomic mass is 32.1. The predicted octanol–water partition coefficient (Wildman–Crippen LogP) is 4.03. The summed E-state index contributed by atoms with van der Waals surface area (Å²) in [6, 6.07) is 3.61. The van der Waals surface area contributed by atoms with E-state index in [-0.39, 0.29) is 5.41 Å². The summed E-state index contributed by atoms with van der Waals surface area (Å²) in [5.41, 5.74) is 1.61. The highest BCUT2D eigenvalue weighted by molar-refractivity contribution is 7.11. The number of aromatic nitrogens is 1. The van der Waals surface area contributed by atoms with E-state index in [2.05, 4.69) is 31.1 Å². The van der Waals surface area contributed by atoms with Crippen LogP contribution in [0.3, 0.4) is 0 Å². The van der Waals surface area contributed by atoms with Gasteiger partial charge in [-0.15, -0.1) is 11.3 Å². The summed E-state index contributed by atoms with van der Waals surface area (Å²) in [5.74, 6) is -1.10. The number of rotatable bonds is 4. The van der Waals surface area contributed by atoms with Gasteiger partial charge in [0.15, 0.2) is 0 Å². The lowest BCUT2D eigenvalue weighted by molar-refractivity contribution is 0.561. The Balaban J connectivity index is 2.32. The van der Waals surface area contributed by atoms with Gasteiger partial charge in [-0.2, -0.15) is 0 Å². The second-order valence-electron chi connectivity index (χ2n) is 6.11. The quantitative estimate of drug-likeness (QED) is 0.922. The summed E-state index contributed by atoms with van der Waals surface area (Å²) in [5, 5.41) is 4.03. The molecule has 2 aromatic rings. The topological polar surface area (TPSA) is 24.9 Å². The van der Waals surface area contributed by atoms with E-state index in [0.29, 0.717) is 12.0 Å². The van der Waals surface area contributed by atoms with Crippen LogP contribution >= 0.6 is 11.3 Å². The molecule has 1 aromatic carbocycles. The lowest BCUT2D eigenvalue weighted by Gasteiger charge is -2.17. The fourth-order valence-electron chi connectivity index (χ4n) is 2.23. The molecule has 1 heterocycles. The molecule has 0 atom stereocenters. The van der Waals surface area contributed by atoms with Crippen molar-refractivity contribution in [2.75, 3.05) is 7.05 Å². The maximum atomic E-state index is 13.3. The minimum absolute atomic E-state index is 0.0475. The van der Waals surface area contributed by atoms with Crippen LogP contribution in [-0.4, -0.2) is 12.0 Å². The van der Waals surface area contributed by atoms with Crippen LogP contribution in [0.5, 0.6) is 0 Å². The lowest BCUT2D eigenvalue weighted by Crippen LogP contribution is -2.16. The zero-order valence-electron chi connectivity index (χ0n) is 12.8. The molecule has 1 aromatic heterocycles. The molecule has 0 aliphatic carbocycles. The average molecular weight is 310 g/mol. The molecule has 1 N–H and O–H groups in total. The van der Waals surface area contributed by atoms with Gasteiger partial charge in [-0.1, -0.05) is 20.8 Å². The van der Waals surface area contributed by atoms with Crippen molar-refractivity contribution in [2.24, 2.45) is 0 Å². The first-order valence-electron chi connectivity index (χ1n) is 6.88. The van der Waals surface area contributed by atoms with Gasteiger partial charge in [0.2, 0.25) is 0 Å². The monoisotopic (exact) mass is 310 g/mol. The molecule has 0 radical (unpaired) electrons. The third-order valence-corrected chi connectivity index (χ3v) is 4.12. The van der Waals surface area contributed by atoms with Gasteiger partial charge in [0.25, 0.3) is 0 Å². The number of thiazole rings is 1. The third-order valence-electron chi connectivity index (χ3n) is 3.07. The zero-order valence-corrected chi connectivity index (χ0v) is 13.6. The van der Waals surface area contributed by atoms with E-state index in [1.54, 1.807) is 11.3 Å². The third kappa shape index (κ3) is 4.08. The van der Waals surface area contributed by atoms with E-state index < -0.39 is 11.6 Å². The van der Waals surface area contributed by atoms with Crippen LogP contribution < -0.4 is 5.32 Å². The highest BCUT2D eigenvalue weighted by Gasteiger charge is 2.22. The molecular formula is C16H20F2N2S. The molecule has 5 heteroatoms. The average Bonchev–Trinajstić information content (AvgIpc) is 2.70. The van der Waals surface area contributed by atoms with E-state index in [0.717, 1.165) is 23.3 Å².